The molecule has 1 fully saturated rings. The van der Waals surface area contributed by atoms with E-state index in [9.17, 15) is 0 Å². The number of aromatic nitrogens is 2. The van der Waals surface area contributed by atoms with Gasteiger partial charge in [0.15, 0.2) is 5.82 Å². The van der Waals surface area contributed by atoms with Gasteiger partial charge in [-0.1, -0.05) is 15.9 Å². The van der Waals surface area contributed by atoms with Gasteiger partial charge in [0.05, 0.1) is 20.9 Å². The molecule has 0 atom stereocenters. The predicted molar refractivity (Wildman–Crippen MR) is 88.2 cm³/mol. The highest BCUT2D eigenvalue weighted by molar-refractivity contribution is 9.10. The Bertz CT molecular complexity index is 814. The second-order valence-corrected chi connectivity index (χ2v) is 7.33. The first-order valence-electron chi connectivity index (χ1n) is 6.67. The van der Waals surface area contributed by atoms with Crippen LogP contribution >= 0.6 is 27.3 Å². The minimum Gasteiger partial charge on any atom is -0.391 e. The lowest BCUT2D eigenvalue weighted by molar-refractivity contribution is 0.776. The smallest absolute Gasteiger partial charge is 0.151 e. The van der Waals surface area contributed by atoms with E-state index in [1.807, 2.05) is 6.07 Å². The molecule has 1 saturated carbocycles. The maximum atomic E-state index is 5.95. The molecule has 2 aromatic heterocycles. The summed E-state index contributed by atoms with van der Waals surface area (Å²) in [5.41, 5.74) is 9.43. The van der Waals surface area contributed by atoms with E-state index in [-0.39, 0.29) is 0 Å². The van der Waals surface area contributed by atoms with E-state index in [2.05, 4.69) is 45.6 Å². The zero-order chi connectivity index (χ0) is 13.9. The summed E-state index contributed by atoms with van der Waals surface area (Å²) < 4.78 is 3.46. The molecule has 1 aliphatic rings. The van der Waals surface area contributed by atoms with Crippen LogP contribution in [0.2, 0.25) is 0 Å². The second kappa shape index (κ2) is 4.33. The number of hydrogen-bond acceptors (Lipinski definition) is 3. The number of nitrogens with two attached hydrogens (primary N) is 1. The Balaban J connectivity index is 2.03. The molecule has 5 heteroatoms. The number of nitrogen functional groups attached to an aromatic ring is 1. The van der Waals surface area contributed by atoms with Crippen molar-refractivity contribution in [3.05, 3.63) is 34.3 Å². The summed E-state index contributed by atoms with van der Waals surface area (Å²) in [6, 6.07) is 8.96. The van der Waals surface area contributed by atoms with E-state index >= 15 is 0 Å². The molecule has 3 nitrogen and oxygen atoms in total. The van der Waals surface area contributed by atoms with E-state index in [1.165, 1.54) is 28.8 Å². The highest BCUT2D eigenvalue weighted by atomic mass is 79.9. The summed E-state index contributed by atoms with van der Waals surface area (Å²) in [5, 5.41) is 0.855. The van der Waals surface area contributed by atoms with Crippen molar-refractivity contribution in [1.29, 1.82) is 0 Å². The third-order valence-electron chi connectivity index (χ3n) is 3.70. The summed E-state index contributed by atoms with van der Waals surface area (Å²) in [6.07, 6.45) is 2.49. The lowest BCUT2D eigenvalue weighted by Gasteiger charge is -2.06. The fourth-order valence-corrected chi connectivity index (χ4v) is 3.94. The van der Waals surface area contributed by atoms with Crippen LogP contribution in [0.25, 0.3) is 21.7 Å². The normalized spacial score (nSPS) is 15.1. The molecule has 102 valence electrons. The number of halogens is 1. The Morgan fingerprint density at radius 3 is 2.80 bits per heavy atom. The Morgan fingerprint density at radius 1 is 1.35 bits per heavy atom. The standard InChI is InChI=1S/C15H14BrN3S/c1-8-6-13(17)20-14(8)15-18-11-7-9(16)2-5-12(11)19(15)10-3-4-10/h2,5-7,10H,3-4,17H2,1H3. The van der Waals surface area contributed by atoms with Gasteiger partial charge in [-0.3, -0.25) is 0 Å². The average molecular weight is 348 g/mol. The van der Waals surface area contributed by atoms with Gasteiger partial charge >= 0.3 is 0 Å². The Hall–Kier alpha value is -1.33. The predicted octanol–water partition coefficient (Wildman–Crippen LogP) is 4.75. The summed E-state index contributed by atoms with van der Waals surface area (Å²) in [4.78, 5) is 6.06. The van der Waals surface area contributed by atoms with Crippen molar-refractivity contribution in [2.24, 2.45) is 0 Å². The largest absolute Gasteiger partial charge is 0.391 e. The molecule has 0 unspecified atom stereocenters. The number of benzene rings is 1. The minimum absolute atomic E-state index is 0.596. The quantitative estimate of drug-likeness (QED) is 0.726. The first kappa shape index (κ1) is 12.4. The SMILES string of the molecule is Cc1cc(N)sc1-c1nc2cc(Br)ccc2n1C1CC1. The van der Waals surface area contributed by atoms with Gasteiger partial charge in [-0.05, 0) is 49.6 Å². The van der Waals surface area contributed by atoms with Crippen molar-refractivity contribution in [1.82, 2.24) is 9.55 Å². The van der Waals surface area contributed by atoms with Crippen molar-refractivity contribution < 1.29 is 0 Å². The molecule has 0 amide bonds. The third-order valence-corrected chi connectivity index (χ3v) is 5.26. The number of hydrogen-bond donors (Lipinski definition) is 1. The first-order chi connectivity index (χ1) is 9.63. The number of anilines is 1. The molecule has 0 spiro atoms. The number of rotatable bonds is 2. The molecular weight excluding hydrogens is 334 g/mol. The molecule has 0 radical (unpaired) electrons. The number of nitrogens with zero attached hydrogens (tertiary/aromatic N) is 2. The summed E-state index contributed by atoms with van der Waals surface area (Å²) in [7, 11) is 0. The van der Waals surface area contributed by atoms with E-state index in [0.717, 1.165) is 20.8 Å². The highest BCUT2D eigenvalue weighted by Gasteiger charge is 2.29. The van der Waals surface area contributed by atoms with E-state index < -0.39 is 0 Å². The number of aryl methyl sites for hydroxylation is 1. The zero-order valence-electron chi connectivity index (χ0n) is 11.1. The molecule has 0 saturated heterocycles. The molecule has 1 aromatic carbocycles. The monoisotopic (exact) mass is 347 g/mol. The minimum atomic E-state index is 0.596. The van der Waals surface area contributed by atoms with Crippen LogP contribution in [0.3, 0.4) is 0 Å². The van der Waals surface area contributed by atoms with Crippen molar-refractivity contribution in [2.45, 2.75) is 25.8 Å². The van der Waals surface area contributed by atoms with Crippen LogP contribution in [-0.4, -0.2) is 9.55 Å². The van der Waals surface area contributed by atoms with Crippen molar-refractivity contribution in [3.8, 4) is 10.7 Å². The van der Waals surface area contributed by atoms with Gasteiger partial charge in [0.25, 0.3) is 0 Å². The third kappa shape index (κ3) is 1.88. The van der Waals surface area contributed by atoms with Crippen LogP contribution in [-0.2, 0) is 0 Å². The molecule has 2 heterocycles. The molecule has 3 aromatic rings. The molecule has 0 bridgehead atoms. The molecule has 4 rings (SSSR count). The van der Waals surface area contributed by atoms with Gasteiger partial charge in [-0.2, -0.15) is 0 Å². The van der Waals surface area contributed by atoms with Gasteiger partial charge in [-0.15, -0.1) is 11.3 Å². The van der Waals surface area contributed by atoms with Crippen molar-refractivity contribution >= 4 is 43.3 Å². The number of imidazole rings is 1. The van der Waals surface area contributed by atoms with Crippen molar-refractivity contribution in [2.75, 3.05) is 5.73 Å². The molecule has 2 N–H and O–H groups in total. The molecular formula is C15H14BrN3S. The molecule has 1 aliphatic carbocycles. The van der Waals surface area contributed by atoms with Crippen LogP contribution in [0.4, 0.5) is 5.00 Å². The maximum Gasteiger partial charge on any atom is 0.151 e. The van der Waals surface area contributed by atoms with Gasteiger partial charge in [-0.25, -0.2) is 4.98 Å². The molecule has 0 aliphatic heterocycles. The first-order valence-corrected chi connectivity index (χ1v) is 8.28. The highest BCUT2D eigenvalue weighted by Crippen LogP contribution is 2.44. The Labute approximate surface area is 129 Å². The summed E-state index contributed by atoms with van der Waals surface area (Å²) in [5.74, 6) is 1.07. The second-order valence-electron chi connectivity index (χ2n) is 5.33. The van der Waals surface area contributed by atoms with Crippen LogP contribution < -0.4 is 5.73 Å². The van der Waals surface area contributed by atoms with Crippen LogP contribution in [0.1, 0.15) is 24.4 Å². The fraction of sp³-hybridized carbons (Fsp3) is 0.267. The Kier molecular flexibility index (Phi) is 2.69. The van der Waals surface area contributed by atoms with E-state index in [4.69, 9.17) is 10.7 Å². The van der Waals surface area contributed by atoms with Crippen molar-refractivity contribution in [3.63, 3.8) is 0 Å². The number of fused-ring (bicyclic) bond motifs is 1. The zero-order valence-corrected chi connectivity index (χ0v) is 13.5. The average Bonchev–Trinajstić information content (AvgIpc) is 3.08. The molecule has 20 heavy (non-hydrogen) atoms. The van der Waals surface area contributed by atoms with Gasteiger partial charge in [0.1, 0.15) is 0 Å². The topological polar surface area (TPSA) is 43.8 Å². The van der Waals surface area contributed by atoms with Gasteiger partial charge < -0.3 is 10.3 Å². The van der Waals surface area contributed by atoms with E-state index in [0.29, 0.717) is 6.04 Å². The van der Waals surface area contributed by atoms with Gasteiger partial charge in [0.2, 0.25) is 0 Å². The lowest BCUT2D eigenvalue weighted by Crippen LogP contribution is -1.96. The fourth-order valence-electron chi connectivity index (χ4n) is 2.66. The summed E-state index contributed by atoms with van der Waals surface area (Å²) in [6.45, 7) is 2.11. The Morgan fingerprint density at radius 2 is 2.15 bits per heavy atom. The van der Waals surface area contributed by atoms with Gasteiger partial charge in [0, 0.05) is 10.5 Å². The van der Waals surface area contributed by atoms with Crippen LogP contribution in [0.15, 0.2) is 28.7 Å². The maximum absolute atomic E-state index is 5.95. The lowest BCUT2D eigenvalue weighted by atomic mass is 10.3. The summed E-state index contributed by atoms with van der Waals surface area (Å²) >= 11 is 5.16. The van der Waals surface area contributed by atoms with E-state index in [1.54, 1.807) is 11.3 Å². The van der Waals surface area contributed by atoms with Crippen LogP contribution in [0.5, 0.6) is 0 Å². The number of thiophene rings is 1. The van der Waals surface area contributed by atoms with Crippen LogP contribution in [0, 0.1) is 6.92 Å².